The number of carbonyl (C=O) groups is 1. The number of rotatable bonds is 3. The normalized spacial score (nSPS) is 23.8. The van der Waals surface area contributed by atoms with Crippen LogP contribution in [0, 0.1) is 5.92 Å². The van der Waals surface area contributed by atoms with E-state index in [-0.39, 0.29) is 37.3 Å². The lowest BCUT2D eigenvalue weighted by molar-refractivity contribution is 0.0845. The fraction of sp³-hybridized carbons (Fsp3) is 0.350. The Morgan fingerprint density at radius 1 is 1.27 bits per heavy atom. The zero-order valence-corrected chi connectivity index (χ0v) is 15.9. The molecule has 2 N–H and O–H groups in total. The first-order valence-electron chi connectivity index (χ1n) is 8.81. The van der Waals surface area contributed by atoms with Crippen LogP contribution >= 0.6 is 15.9 Å². The van der Waals surface area contributed by atoms with E-state index in [2.05, 4.69) is 27.3 Å². The Bertz CT molecular complexity index is 799. The van der Waals surface area contributed by atoms with Gasteiger partial charge in [0.15, 0.2) is 0 Å². The van der Waals surface area contributed by atoms with Crippen molar-refractivity contribution in [2.24, 2.45) is 5.92 Å². The maximum absolute atomic E-state index is 12.8. The molecular formula is C20H21BrN2O3. The van der Waals surface area contributed by atoms with Crippen molar-refractivity contribution in [3.8, 4) is 0 Å². The maximum atomic E-state index is 12.8. The number of nitrogens with one attached hydrogen (secondary N) is 1. The number of aliphatic hydroxyl groups is 1. The first-order chi connectivity index (χ1) is 12.7. The Balaban J connectivity index is 1.57. The molecule has 1 saturated heterocycles. The number of fused-ring (bicyclic) bond motifs is 3. The summed E-state index contributed by atoms with van der Waals surface area (Å²) < 4.78 is 6.54. The standard InChI is InChI=1S/C20H21BrN2O3/c21-14-6-7-17-16(10-14)19-15(18(11-24)22-17)8-9-23(19)20(25)26-12-13-4-2-1-3-5-13/h1-7,10,15,18-19,22,24H,8-9,11-12H2/t15-,18-,19-/m0/s1. The molecule has 0 radical (unpaired) electrons. The van der Waals surface area contributed by atoms with Gasteiger partial charge in [0.2, 0.25) is 0 Å². The predicted octanol–water partition coefficient (Wildman–Crippen LogP) is 3.94. The lowest BCUT2D eigenvalue weighted by Crippen LogP contribution is -2.43. The lowest BCUT2D eigenvalue weighted by Gasteiger charge is -2.38. The molecule has 2 aliphatic heterocycles. The number of likely N-dealkylation sites (tertiary alicyclic amines) is 1. The highest BCUT2D eigenvalue weighted by Crippen LogP contribution is 2.47. The van der Waals surface area contributed by atoms with Crippen LogP contribution in [0.4, 0.5) is 10.5 Å². The molecule has 5 nitrogen and oxygen atoms in total. The molecule has 2 heterocycles. The van der Waals surface area contributed by atoms with E-state index in [1.807, 2.05) is 47.4 Å². The molecule has 3 atom stereocenters. The quantitative estimate of drug-likeness (QED) is 0.795. The molecule has 26 heavy (non-hydrogen) atoms. The number of halogens is 1. The second-order valence-electron chi connectivity index (χ2n) is 6.80. The maximum Gasteiger partial charge on any atom is 0.410 e. The molecule has 136 valence electrons. The number of nitrogens with zero attached hydrogens (tertiary/aromatic N) is 1. The molecule has 2 aliphatic rings. The van der Waals surface area contributed by atoms with Gasteiger partial charge in [-0.2, -0.15) is 0 Å². The first kappa shape index (κ1) is 17.4. The van der Waals surface area contributed by atoms with E-state index < -0.39 is 0 Å². The Morgan fingerprint density at radius 3 is 2.85 bits per heavy atom. The summed E-state index contributed by atoms with van der Waals surface area (Å²) in [5.74, 6) is 0.172. The third-order valence-corrected chi connectivity index (χ3v) is 5.76. The van der Waals surface area contributed by atoms with Crippen molar-refractivity contribution in [2.75, 3.05) is 18.5 Å². The minimum absolute atomic E-state index is 0.0452. The van der Waals surface area contributed by atoms with Gasteiger partial charge in [-0.3, -0.25) is 0 Å². The van der Waals surface area contributed by atoms with Crippen LogP contribution in [0.25, 0.3) is 0 Å². The highest BCUT2D eigenvalue weighted by molar-refractivity contribution is 9.10. The van der Waals surface area contributed by atoms with Gasteiger partial charge in [0.05, 0.1) is 18.7 Å². The van der Waals surface area contributed by atoms with Crippen molar-refractivity contribution >= 4 is 27.7 Å². The molecule has 6 heteroatoms. The van der Waals surface area contributed by atoms with Crippen LogP contribution in [-0.2, 0) is 11.3 Å². The molecule has 1 fully saturated rings. The number of amides is 1. The van der Waals surface area contributed by atoms with Gasteiger partial charge in [0.1, 0.15) is 6.61 Å². The van der Waals surface area contributed by atoms with Crippen LogP contribution < -0.4 is 5.32 Å². The summed E-state index contributed by atoms with van der Waals surface area (Å²) >= 11 is 3.53. The average Bonchev–Trinajstić information content (AvgIpc) is 3.12. The van der Waals surface area contributed by atoms with Gasteiger partial charge in [-0.15, -0.1) is 0 Å². The van der Waals surface area contributed by atoms with Crippen LogP contribution in [0.15, 0.2) is 53.0 Å². The van der Waals surface area contributed by atoms with Gasteiger partial charge in [0, 0.05) is 22.6 Å². The summed E-state index contributed by atoms with van der Waals surface area (Å²) in [5, 5.41) is 13.2. The van der Waals surface area contributed by atoms with Crippen LogP contribution in [0.1, 0.15) is 23.6 Å². The number of benzene rings is 2. The number of hydrogen-bond acceptors (Lipinski definition) is 4. The molecule has 0 aliphatic carbocycles. The molecule has 1 amide bonds. The summed E-state index contributed by atoms with van der Waals surface area (Å²) in [6, 6.07) is 15.6. The van der Waals surface area contributed by atoms with Crippen molar-refractivity contribution in [3.05, 3.63) is 64.1 Å². The number of aliphatic hydroxyl groups excluding tert-OH is 1. The van der Waals surface area contributed by atoms with E-state index in [9.17, 15) is 9.90 Å². The van der Waals surface area contributed by atoms with Crippen LogP contribution in [0.3, 0.4) is 0 Å². The summed E-state index contributed by atoms with van der Waals surface area (Å²) in [6.07, 6.45) is 0.542. The van der Waals surface area contributed by atoms with Crippen LogP contribution in [-0.4, -0.2) is 35.3 Å². The topological polar surface area (TPSA) is 61.8 Å². The fourth-order valence-corrected chi connectivity index (χ4v) is 4.42. The van der Waals surface area contributed by atoms with Gasteiger partial charge < -0.3 is 20.1 Å². The summed E-state index contributed by atoms with van der Waals surface area (Å²) in [6.45, 7) is 0.942. The van der Waals surface area contributed by atoms with E-state index in [1.165, 1.54) is 0 Å². The molecule has 0 bridgehead atoms. The first-order valence-corrected chi connectivity index (χ1v) is 9.61. The lowest BCUT2D eigenvalue weighted by atomic mass is 9.83. The molecule has 2 aromatic carbocycles. The smallest absolute Gasteiger partial charge is 0.410 e. The van der Waals surface area contributed by atoms with Gasteiger partial charge >= 0.3 is 6.09 Å². The van der Waals surface area contributed by atoms with E-state index >= 15 is 0 Å². The van der Waals surface area contributed by atoms with Crippen molar-refractivity contribution < 1.29 is 14.6 Å². The molecule has 0 spiro atoms. The summed E-state index contributed by atoms with van der Waals surface area (Å²) in [5.41, 5.74) is 3.01. The molecular weight excluding hydrogens is 396 g/mol. The SMILES string of the molecule is O=C(OCc1ccccc1)N1CC[C@H]2[C@H](CO)Nc3ccc(Br)cc3[C@H]21. The third kappa shape index (κ3) is 3.19. The fourth-order valence-electron chi connectivity index (χ4n) is 4.04. The predicted molar refractivity (Wildman–Crippen MR) is 103 cm³/mol. The minimum atomic E-state index is -0.300. The minimum Gasteiger partial charge on any atom is -0.445 e. The largest absolute Gasteiger partial charge is 0.445 e. The van der Waals surface area contributed by atoms with Gasteiger partial charge in [-0.1, -0.05) is 46.3 Å². The Kier molecular flexibility index (Phi) is 4.87. The summed E-state index contributed by atoms with van der Waals surface area (Å²) in [7, 11) is 0. The Morgan fingerprint density at radius 2 is 2.08 bits per heavy atom. The third-order valence-electron chi connectivity index (χ3n) is 5.27. The number of anilines is 1. The second-order valence-corrected chi connectivity index (χ2v) is 7.71. The highest BCUT2D eigenvalue weighted by Gasteiger charge is 2.46. The van der Waals surface area contributed by atoms with Gasteiger partial charge in [-0.25, -0.2) is 4.79 Å². The van der Waals surface area contributed by atoms with Crippen LogP contribution in [0.2, 0.25) is 0 Å². The second kappa shape index (κ2) is 7.29. The van der Waals surface area contributed by atoms with Crippen LogP contribution in [0.5, 0.6) is 0 Å². The van der Waals surface area contributed by atoms with Crippen molar-refractivity contribution in [2.45, 2.75) is 25.1 Å². The number of hydrogen-bond donors (Lipinski definition) is 2. The monoisotopic (exact) mass is 416 g/mol. The zero-order valence-electron chi connectivity index (χ0n) is 14.3. The number of ether oxygens (including phenoxy) is 1. The van der Waals surface area contributed by atoms with Crippen molar-refractivity contribution in [1.29, 1.82) is 0 Å². The molecule has 0 aromatic heterocycles. The van der Waals surface area contributed by atoms with Crippen molar-refractivity contribution in [1.82, 2.24) is 4.90 Å². The Labute approximate surface area is 161 Å². The van der Waals surface area contributed by atoms with E-state index in [0.29, 0.717) is 6.54 Å². The molecule has 2 aromatic rings. The molecule has 4 rings (SSSR count). The molecule has 0 unspecified atom stereocenters. The highest BCUT2D eigenvalue weighted by atomic mass is 79.9. The van der Waals surface area contributed by atoms with E-state index in [0.717, 1.165) is 27.7 Å². The van der Waals surface area contributed by atoms with Crippen molar-refractivity contribution in [3.63, 3.8) is 0 Å². The zero-order chi connectivity index (χ0) is 18.1. The molecule has 0 saturated carbocycles. The van der Waals surface area contributed by atoms with E-state index in [4.69, 9.17) is 4.74 Å². The average molecular weight is 417 g/mol. The van der Waals surface area contributed by atoms with Gasteiger partial charge in [0.25, 0.3) is 0 Å². The summed E-state index contributed by atoms with van der Waals surface area (Å²) in [4.78, 5) is 14.6. The Hall–Kier alpha value is -2.05. The number of carbonyl (C=O) groups excluding carboxylic acids is 1. The van der Waals surface area contributed by atoms with Gasteiger partial charge in [-0.05, 0) is 35.7 Å². The van der Waals surface area contributed by atoms with E-state index in [1.54, 1.807) is 0 Å².